The first kappa shape index (κ1) is 15.2. The maximum Gasteiger partial charge on any atom is 0.345 e. The van der Waals surface area contributed by atoms with Crippen LogP contribution in [0.2, 0.25) is 5.02 Å². The van der Waals surface area contributed by atoms with Crippen molar-refractivity contribution in [3.05, 3.63) is 28.8 Å². The Hall–Kier alpha value is -1.88. The van der Waals surface area contributed by atoms with Gasteiger partial charge in [0.1, 0.15) is 11.6 Å². The van der Waals surface area contributed by atoms with E-state index in [1.807, 2.05) is 13.0 Å². The van der Waals surface area contributed by atoms with Gasteiger partial charge in [-0.15, -0.1) is 0 Å². The molecule has 0 saturated heterocycles. The Balaban J connectivity index is 2.75. The molecule has 0 fully saturated rings. The normalized spacial score (nSPS) is 11.0. The number of amides is 2. The molecule has 0 spiro atoms. The number of nitrogens with one attached hydrogen (secondary N) is 1. The monoisotopic (exact) mass is 281 g/mol. The first-order valence-corrected chi connectivity index (χ1v) is 6.12. The van der Waals surface area contributed by atoms with E-state index >= 15 is 0 Å². The Morgan fingerprint density at radius 1 is 1.53 bits per heavy atom. The van der Waals surface area contributed by atoms with E-state index in [4.69, 9.17) is 16.3 Å². The lowest BCUT2D eigenvalue weighted by molar-refractivity contribution is 0.253. The lowest BCUT2D eigenvalue weighted by Gasteiger charge is -2.06. The third-order valence-corrected chi connectivity index (χ3v) is 2.69. The van der Waals surface area contributed by atoms with Crippen molar-refractivity contribution in [3.8, 4) is 5.75 Å². The van der Waals surface area contributed by atoms with Gasteiger partial charge in [0.25, 0.3) is 0 Å². The molecule has 1 aromatic rings. The third-order valence-electron chi connectivity index (χ3n) is 2.40. The van der Waals surface area contributed by atoms with Crippen LogP contribution in [-0.2, 0) is 6.54 Å². The van der Waals surface area contributed by atoms with Gasteiger partial charge in [-0.25, -0.2) is 9.79 Å². The number of amidine groups is 1. The summed E-state index contributed by atoms with van der Waals surface area (Å²) in [6.07, 6.45) is 0.602. The molecule has 1 aromatic carbocycles. The van der Waals surface area contributed by atoms with E-state index < -0.39 is 6.03 Å². The summed E-state index contributed by atoms with van der Waals surface area (Å²) in [5.74, 6) is 1.18. The zero-order valence-electron chi connectivity index (χ0n) is 10.9. The van der Waals surface area contributed by atoms with Crippen LogP contribution in [0.3, 0.4) is 0 Å². The minimum Gasteiger partial charge on any atom is -0.495 e. The molecule has 1 rings (SSSR count). The van der Waals surface area contributed by atoms with Crippen molar-refractivity contribution in [2.45, 2.75) is 19.9 Å². The summed E-state index contributed by atoms with van der Waals surface area (Å²) in [5.41, 5.74) is 0.928. The highest BCUT2D eigenvalue weighted by atomic mass is 35.5. The summed E-state index contributed by atoms with van der Waals surface area (Å²) in [7, 11) is 1.56. The average molecular weight is 282 g/mol. The lowest BCUT2D eigenvalue weighted by Crippen LogP contribution is -2.27. The minimum atomic E-state index is -0.506. The highest BCUT2D eigenvalue weighted by Gasteiger charge is 2.03. The SMILES string of the molecule is C=NC(=O)NC(CC)=NCc1ccc(OC)c(Cl)c1. The highest BCUT2D eigenvalue weighted by Crippen LogP contribution is 2.25. The summed E-state index contributed by atoms with van der Waals surface area (Å²) < 4.78 is 5.07. The van der Waals surface area contributed by atoms with E-state index in [9.17, 15) is 4.79 Å². The Kier molecular flexibility index (Phi) is 6.02. The molecule has 0 aromatic heterocycles. The fourth-order valence-electron chi connectivity index (χ4n) is 1.40. The fourth-order valence-corrected chi connectivity index (χ4v) is 1.68. The molecule has 0 aliphatic heterocycles. The Labute approximate surface area is 117 Å². The molecular weight excluding hydrogens is 266 g/mol. The van der Waals surface area contributed by atoms with Crippen LogP contribution >= 0.6 is 11.6 Å². The molecule has 102 valence electrons. The molecule has 2 amide bonds. The number of urea groups is 1. The Morgan fingerprint density at radius 2 is 2.26 bits per heavy atom. The van der Waals surface area contributed by atoms with Crippen LogP contribution in [0.1, 0.15) is 18.9 Å². The van der Waals surface area contributed by atoms with Gasteiger partial charge in [0.15, 0.2) is 0 Å². The van der Waals surface area contributed by atoms with E-state index in [1.165, 1.54) is 0 Å². The topological polar surface area (TPSA) is 63.0 Å². The van der Waals surface area contributed by atoms with Crippen LogP contribution in [-0.4, -0.2) is 25.7 Å². The molecule has 0 atom stereocenters. The van der Waals surface area contributed by atoms with Crippen LogP contribution < -0.4 is 10.1 Å². The van der Waals surface area contributed by atoms with Gasteiger partial charge in [-0.3, -0.25) is 10.3 Å². The van der Waals surface area contributed by atoms with Crippen LogP contribution in [0.4, 0.5) is 4.79 Å². The van der Waals surface area contributed by atoms with Crippen LogP contribution in [0.5, 0.6) is 5.75 Å². The summed E-state index contributed by atoms with van der Waals surface area (Å²) >= 11 is 6.02. The van der Waals surface area contributed by atoms with Crippen molar-refractivity contribution in [3.63, 3.8) is 0 Å². The maximum absolute atomic E-state index is 11.1. The molecule has 1 N–H and O–H groups in total. The molecule has 0 bridgehead atoms. The number of rotatable bonds is 4. The number of carbonyl (C=O) groups is 1. The number of benzene rings is 1. The zero-order chi connectivity index (χ0) is 14.3. The third kappa shape index (κ3) is 4.71. The van der Waals surface area contributed by atoms with Gasteiger partial charge >= 0.3 is 6.03 Å². The molecule has 0 aliphatic rings. The summed E-state index contributed by atoms with van der Waals surface area (Å²) in [6, 6.07) is 4.93. The van der Waals surface area contributed by atoms with Crippen LogP contribution in [0.15, 0.2) is 28.2 Å². The molecular formula is C13H16ClN3O2. The van der Waals surface area contributed by atoms with Gasteiger partial charge in [-0.1, -0.05) is 24.6 Å². The second kappa shape index (κ2) is 7.53. The molecule has 0 aliphatic carbocycles. The highest BCUT2D eigenvalue weighted by molar-refractivity contribution is 6.32. The first-order chi connectivity index (χ1) is 9.10. The molecule has 6 heteroatoms. The van der Waals surface area contributed by atoms with Crippen molar-refractivity contribution in [1.82, 2.24) is 5.32 Å². The predicted octanol–water partition coefficient (Wildman–Crippen LogP) is 3.07. The van der Waals surface area contributed by atoms with Crippen LogP contribution in [0, 0.1) is 0 Å². The Bertz CT molecular complexity index is 501. The molecule has 0 heterocycles. The second-order valence-corrected chi connectivity index (χ2v) is 4.08. The molecule has 0 saturated carbocycles. The quantitative estimate of drug-likeness (QED) is 0.681. The summed E-state index contributed by atoms with van der Waals surface area (Å²) in [4.78, 5) is 18.6. The standard InChI is InChI=1S/C13H16ClN3O2/c1-4-12(17-13(18)15-2)16-8-9-5-6-11(19-3)10(14)7-9/h5-7H,2,4,8H2,1,3H3,(H,16,17,18). The van der Waals surface area contributed by atoms with Crippen molar-refractivity contribution < 1.29 is 9.53 Å². The summed E-state index contributed by atoms with van der Waals surface area (Å²) in [6.45, 7) is 5.46. The van der Waals surface area contributed by atoms with Crippen LogP contribution in [0.25, 0.3) is 0 Å². The van der Waals surface area contributed by atoms with Gasteiger partial charge in [0, 0.05) is 6.42 Å². The first-order valence-electron chi connectivity index (χ1n) is 5.74. The van der Waals surface area contributed by atoms with E-state index in [0.29, 0.717) is 29.6 Å². The largest absolute Gasteiger partial charge is 0.495 e. The number of halogens is 1. The zero-order valence-corrected chi connectivity index (χ0v) is 11.7. The average Bonchev–Trinajstić information content (AvgIpc) is 2.43. The van der Waals surface area contributed by atoms with Gasteiger partial charge in [0.2, 0.25) is 0 Å². The number of nitrogens with zero attached hydrogens (tertiary/aromatic N) is 2. The van der Waals surface area contributed by atoms with Gasteiger partial charge < -0.3 is 4.74 Å². The molecule has 0 radical (unpaired) electrons. The minimum absolute atomic E-state index is 0.421. The number of carbonyl (C=O) groups excluding carboxylic acids is 1. The smallest absolute Gasteiger partial charge is 0.345 e. The van der Waals surface area contributed by atoms with Gasteiger partial charge in [0.05, 0.1) is 18.7 Å². The number of ether oxygens (including phenoxy) is 1. The fraction of sp³-hybridized carbons (Fsp3) is 0.308. The number of hydrogen-bond acceptors (Lipinski definition) is 3. The number of hydrogen-bond donors (Lipinski definition) is 1. The summed E-state index contributed by atoms with van der Waals surface area (Å²) in [5, 5.41) is 3.08. The van der Waals surface area contributed by atoms with E-state index in [0.717, 1.165) is 5.56 Å². The van der Waals surface area contributed by atoms with Gasteiger partial charge in [-0.2, -0.15) is 0 Å². The maximum atomic E-state index is 11.1. The van der Waals surface area contributed by atoms with Gasteiger partial charge in [-0.05, 0) is 24.4 Å². The van der Waals surface area contributed by atoms with Crippen molar-refractivity contribution in [1.29, 1.82) is 0 Å². The molecule has 19 heavy (non-hydrogen) atoms. The number of methoxy groups -OCH3 is 1. The van der Waals surface area contributed by atoms with E-state index in [1.54, 1.807) is 19.2 Å². The van der Waals surface area contributed by atoms with Crippen molar-refractivity contribution >= 4 is 30.2 Å². The van der Waals surface area contributed by atoms with Crippen molar-refractivity contribution in [2.24, 2.45) is 9.98 Å². The molecule has 5 nitrogen and oxygen atoms in total. The predicted molar refractivity (Wildman–Crippen MR) is 77.5 cm³/mol. The molecule has 0 unspecified atom stereocenters. The van der Waals surface area contributed by atoms with E-state index in [2.05, 4.69) is 22.0 Å². The van der Waals surface area contributed by atoms with E-state index in [-0.39, 0.29) is 0 Å². The number of aliphatic imine (C=N–C) groups is 2. The second-order valence-electron chi connectivity index (χ2n) is 3.67. The van der Waals surface area contributed by atoms with Crippen molar-refractivity contribution in [2.75, 3.05) is 7.11 Å². The lowest BCUT2D eigenvalue weighted by atomic mass is 10.2. The Morgan fingerprint density at radius 3 is 2.79 bits per heavy atom.